The quantitative estimate of drug-likeness (QED) is 0.309. The molecule has 2 bridgehead atoms. The third-order valence-electron chi connectivity index (χ3n) is 6.23. The van der Waals surface area contributed by atoms with E-state index in [4.69, 9.17) is 9.84 Å². The lowest BCUT2D eigenvalue weighted by molar-refractivity contribution is -0.137. The summed E-state index contributed by atoms with van der Waals surface area (Å²) in [5, 5.41) is 8.68. The summed E-state index contributed by atoms with van der Waals surface area (Å²) in [7, 11) is -2.89. The molecule has 2 rings (SSSR count). The van der Waals surface area contributed by atoms with Crippen LogP contribution in [0.15, 0.2) is 12.2 Å². The van der Waals surface area contributed by atoms with Crippen LogP contribution in [0.25, 0.3) is 0 Å². The van der Waals surface area contributed by atoms with Gasteiger partial charge in [-0.3, -0.25) is 4.79 Å². The number of unbranched alkanes of at least 4 members (excludes halogenated alkanes) is 4. The van der Waals surface area contributed by atoms with Crippen molar-refractivity contribution >= 4 is 15.8 Å². The third kappa shape index (κ3) is 7.86. The van der Waals surface area contributed by atoms with Crippen molar-refractivity contribution in [2.24, 2.45) is 11.8 Å². The highest BCUT2D eigenvalue weighted by molar-refractivity contribution is 7.91. The van der Waals surface area contributed by atoms with E-state index < -0.39 is 15.8 Å². The minimum absolute atomic E-state index is 0.228. The fourth-order valence-corrected chi connectivity index (χ4v) is 6.21. The van der Waals surface area contributed by atoms with Crippen molar-refractivity contribution in [3.05, 3.63) is 12.2 Å². The van der Waals surface area contributed by atoms with Gasteiger partial charge in [-0.1, -0.05) is 38.3 Å². The number of fused-ring (bicyclic) bond motifs is 2. The summed E-state index contributed by atoms with van der Waals surface area (Å²) in [4.78, 5) is 10.5. The van der Waals surface area contributed by atoms with E-state index in [0.717, 1.165) is 64.2 Å². The molecule has 0 saturated carbocycles. The predicted octanol–water partition coefficient (Wildman–Crippen LogP) is 4.76. The van der Waals surface area contributed by atoms with Crippen molar-refractivity contribution < 1.29 is 23.1 Å². The fraction of sp³-hybridized carbons (Fsp3) is 0.864. The number of hydrogen-bond donors (Lipinski definition) is 1. The van der Waals surface area contributed by atoms with Crippen LogP contribution in [0.3, 0.4) is 0 Å². The largest absolute Gasteiger partial charge is 0.481 e. The summed E-state index contributed by atoms with van der Waals surface area (Å²) in [5.41, 5.74) is 0. The van der Waals surface area contributed by atoms with Crippen molar-refractivity contribution in [3.8, 4) is 0 Å². The van der Waals surface area contributed by atoms with Gasteiger partial charge in [0.1, 0.15) is 9.84 Å². The van der Waals surface area contributed by atoms with Crippen LogP contribution >= 0.6 is 0 Å². The summed E-state index contributed by atoms with van der Waals surface area (Å²) < 4.78 is 30.3. The molecule has 2 fully saturated rings. The van der Waals surface area contributed by atoms with Gasteiger partial charge in [-0.05, 0) is 63.2 Å². The Morgan fingerprint density at radius 2 is 1.68 bits per heavy atom. The van der Waals surface area contributed by atoms with Crippen molar-refractivity contribution in [2.75, 3.05) is 11.5 Å². The Labute approximate surface area is 170 Å². The minimum Gasteiger partial charge on any atom is -0.481 e. The van der Waals surface area contributed by atoms with Crippen LogP contribution < -0.4 is 0 Å². The SMILES string of the molecule is CCCCCS(=O)(=O)CCCC[C@H]1[C@@H](C/C=C\CCCC(=O)O)[C@H]2CC[C@@H]1O2. The number of rotatable bonds is 15. The van der Waals surface area contributed by atoms with Crippen molar-refractivity contribution in [1.82, 2.24) is 0 Å². The van der Waals surface area contributed by atoms with Crippen molar-refractivity contribution in [1.29, 1.82) is 0 Å². The second-order valence-electron chi connectivity index (χ2n) is 8.47. The number of ether oxygens (including phenoxy) is 1. The van der Waals surface area contributed by atoms with E-state index in [1.165, 1.54) is 0 Å². The summed E-state index contributed by atoms with van der Waals surface area (Å²) in [5.74, 6) is 1.02. The molecule has 0 aromatic heterocycles. The first-order valence-electron chi connectivity index (χ1n) is 11.2. The van der Waals surface area contributed by atoms with Gasteiger partial charge < -0.3 is 9.84 Å². The lowest BCUT2D eigenvalue weighted by atomic mass is 9.75. The van der Waals surface area contributed by atoms with Crippen molar-refractivity contribution in [2.45, 2.75) is 96.2 Å². The first kappa shape index (κ1) is 23.4. The van der Waals surface area contributed by atoms with E-state index in [1.54, 1.807) is 0 Å². The maximum absolute atomic E-state index is 12.1. The average Bonchev–Trinajstić information content (AvgIpc) is 3.23. The Morgan fingerprint density at radius 1 is 1.00 bits per heavy atom. The molecule has 2 aliphatic heterocycles. The molecule has 0 radical (unpaired) electrons. The zero-order valence-corrected chi connectivity index (χ0v) is 18.2. The molecular formula is C22H38O5S. The molecule has 4 atom stereocenters. The Morgan fingerprint density at radius 3 is 2.36 bits per heavy atom. The van der Waals surface area contributed by atoms with Crippen LogP contribution in [0.2, 0.25) is 0 Å². The van der Waals surface area contributed by atoms with Gasteiger partial charge in [-0.25, -0.2) is 8.42 Å². The number of aliphatic carboxylic acids is 1. The van der Waals surface area contributed by atoms with E-state index >= 15 is 0 Å². The van der Waals surface area contributed by atoms with Crippen LogP contribution in [0.1, 0.15) is 84.0 Å². The highest BCUT2D eigenvalue weighted by Gasteiger charge is 2.47. The minimum atomic E-state index is -2.89. The number of carbonyl (C=O) groups is 1. The lowest BCUT2D eigenvalue weighted by Crippen LogP contribution is -2.27. The zero-order chi connectivity index (χ0) is 20.4. The van der Waals surface area contributed by atoms with E-state index in [1.807, 2.05) is 0 Å². The van der Waals surface area contributed by atoms with Gasteiger partial charge >= 0.3 is 5.97 Å². The molecule has 0 spiro atoms. The van der Waals surface area contributed by atoms with Gasteiger partial charge in [0.15, 0.2) is 0 Å². The molecule has 28 heavy (non-hydrogen) atoms. The van der Waals surface area contributed by atoms with Crippen LogP contribution in [-0.4, -0.2) is 43.2 Å². The van der Waals surface area contributed by atoms with E-state index in [-0.39, 0.29) is 6.42 Å². The maximum Gasteiger partial charge on any atom is 0.303 e. The lowest BCUT2D eigenvalue weighted by Gasteiger charge is -2.27. The predicted molar refractivity (Wildman–Crippen MR) is 112 cm³/mol. The van der Waals surface area contributed by atoms with Crippen LogP contribution in [0, 0.1) is 11.8 Å². The second-order valence-corrected chi connectivity index (χ2v) is 10.8. The Kier molecular flexibility index (Phi) is 10.00. The smallest absolute Gasteiger partial charge is 0.303 e. The molecular weight excluding hydrogens is 376 g/mol. The zero-order valence-electron chi connectivity index (χ0n) is 17.4. The monoisotopic (exact) mass is 414 g/mol. The molecule has 162 valence electrons. The first-order valence-corrected chi connectivity index (χ1v) is 13.0. The second kappa shape index (κ2) is 12.0. The Bertz CT molecular complexity index is 598. The summed E-state index contributed by atoms with van der Waals surface area (Å²) >= 11 is 0. The van der Waals surface area contributed by atoms with E-state index in [9.17, 15) is 13.2 Å². The molecule has 2 heterocycles. The number of carboxylic acid groups (broad SMARTS) is 1. The highest BCUT2D eigenvalue weighted by atomic mass is 32.2. The summed E-state index contributed by atoms with van der Waals surface area (Å²) in [6.07, 6.45) is 15.6. The molecule has 0 aromatic rings. The molecule has 2 saturated heterocycles. The van der Waals surface area contributed by atoms with Crippen molar-refractivity contribution in [3.63, 3.8) is 0 Å². The number of allylic oxidation sites excluding steroid dienone is 2. The van der Waals surface area contributed by atoms with Crippen LogP contribution in [-0.2, 0) is 19.4 Å². The molecule has 0 aliphatic carbocycles. The fourth-order valence-electron chi connectivity index (χ4n) is 4.72. The average molecular weight is 415 g/mol. The summed E-state index contributed by atoms with van der Waals surface area (Å²) in [6, 6.07) is 0. The topological polar surface area (TPSA) is 80.7 Å². The van der Waals surface area contributed by atoms with Gasteiger partial charge in [-0.15, -0.1) is 0 Å². The molecule has 2 aliphatic rings. The van der Waals surface area contributed by atoms with Gasteiger partial charge in [0.25, 0.3) is 0 Å². The molecule has 1 N–H and O–H groups in total. The van der Waals surface area contributed by atoms with Gasteiger partial charge in [0.2, 0.25) is 0 Å². The van der Waals surface area contributed by atoms with Crippen LogP contribution in [0.5, 0.6) is 0 Å². The van der Waals surface area contributed by atoms with Gasteiger partial charge in [0.05, 0.1) is 23.7 Å². The number of carboxylic acids is 1. The molecule has 0 unspecified atom stereocenters. The Balaban J connectivity index is 1.69. The maximum atomic E-state index is 12.1. The normalized spacial score (nSPS) is 27.0. The number of hydrogen-bond acceptors (Lipinski definition) is 4. The molecule has 6 heteroatoms. The number of sulfone groups is 1. The molecule has 5 nitrogen and oxygen atoms in total. The standard InChI is InChI=1S/C22H38O5S/c1-2-3-9-16-28(25,26)17-10-8-12-19-18(20-14-15-21(19)27-20)11-6-4-5-7-13-22(23)24/h4,6,18-21H,2-3,5,7-17H2,1H3,(H,23,24)/b6-4-/t18-,19+,20-,21+/m1/s1. The highest BCUT2D eigenvalue weighted by Crippen LogP contribution is 2.47. The van der Waals surface area contributed by atoms with E-state index in [2.05, 4.69) is 19.1 Å². The first-order chi connectivity index (χ1) is 13.4. The molecule has 0 amide bonds. The molecule has 0 aromatic carbocycles. The van der Waals surface area contributed by atoms with Gasteiger partial charge in [-0.2, -0.15) is 0 Å². The third-order valence-corrected chi connectivity index (χ3v) is 8.05. The van der Waals surface area contributed by atoms with Gasteiger partial charge in [0, 0.05) is 6.42 Å². The van der Waals surface area contributed by atoms with E-state index in [0.29, 0.717) is 42.0 Å². The van der Waals surface area contributed by atoms with Crippen LogP contribution in [0.4, 0.5) is 0 Å². The Hall–Kier alpha value is -0.880. The summed E-state index contributed by atoms with van der Waals surface area (Å²) in [6.45, 7) is 2.09.